The number of hydrogen-bond donors (Lipinski definition) is 2. The number of rotatable bonds is 8. The number of aliphatic hydroxyl groups is 1. The summed E-state index contributed by atoms with van der Waals surface area (Å²) in [6.45, 7) is 10.2. The van der Waals surface area contributed by atoms with Crippen molar-refractivity contribution in [2.24, 2.45) is 5.92 Å². The zero-order chi connectivity index (χ0) is 14.3. The molecule has 1 rings (SSSR count). The molecule has 19 heavy (non-hydrogen) atoms. The van der Waals surface area contributed by atoms with Gasteiger partial charge in [0.05, 0.1) is 5.60 Å². The normalized spacial score (nSPS) is 13.8. The van der Waals surface area contributed by atoms with E-state index in [2.05, 4.69) is 49.5 Å². The van der Waals surface area contributed by atoms with Gasteiger partial charge < -0.3 is 10.4 Å². The zero-order valence-electron chi connectivity index (χ0n) is 12.8. The maximum absolute atomic E-state index is 10.3. The van der Waals surface area contributed by atoms with Crippen molar-refractivity contribution in [3.05, 3.63) is 35.9 Å². The van der Waals surface area contributed by atoms with Gasteiger partial charge in [-0.25, -0.2) is 0 Å². The number of nitrogens with one attached hydrogen (secondary N) is 1. The molecule has 0 amide bonds. The van der Waals surface area contributed by atoms with Gasteiger partial charge in [0.25, 0.3) is 0 Å². The van der Waals surface area contributed by atoms with Crippen molar-refractivity contribution in [3.63, 3.8) is 0 Å². The van der Waals surface area contributed by atoms with Crippen LogP contribution in [-0.4, -0.2) is 23.8 Å². The van der Waals surface area contributed by atoms with E-state index >= 15 is 0 Å². The molecule has 0 saturated carbocycles. The Hall–Kier alpha value is -0.860. The third-order valence-electron chi connectivity index (χ3n) is 4.17. The van der Waals surface area contributed by atoms with Crippen LogP contribution in [0.25, 0.3) is 0 Å². The first-order chi connectivity index (χ1) is 9.02. The van der Waals surface area contributed by atoms with E-state index in [9.17, 15) is 5.11 Å². The molecule has 0 spiro atoms. The molecule has 0 bridgehead atoms. The molecule has 0 aliphatic carbocycles. The third kappa shape index (κ3) is 4.96. The minimum Gasteiger partial charge on any atom is -0.389 e. The van der Waals surface area contributed by atoms with E-state index < -0.39 is 5.60 Å². The Bertz CT molecular complexity index is 344. The molecule has 1 aromatic carbocycles. The lowest BCUT2D eigenvalue weighted by atomic mass is 9.88. The van der Waals surface area contributed by atoms with E-state index in [0.717, 1.165) is 19.4 Å². The van der Waals surface area contributed by atoms with Crippen LogP contribution in [0.15, 0.2) is 30.3 Å². The largest absolute Gasteiger partial charge is 0.389 e. The maximum Gasteiger partial charge on any atom is 0.0766 e. The summed E-state index contributed by atoms with van der Waals surface area (Å²) in [7, 11) is 0. The van der Waals surface area contributed by atoms with Crippen molar-refractivity contribution in [1.29, 1.82) is 0 Å². The molecular formula is C17H29NO. The van der Waals surface area contributed by atoms with Gasteiger partial charge in [-0.1, -0.05) is 58.0 Å². The predicted molar refractivity (Wildman–Crippen MR) is 82.4 cm³/mol. The lowest BCUT2D eigenvalue weighted by molar-refractivity contribution is 0.0321. The first kappa shape index (κ1) is 16.2. The summed E-state index contributed by atoms with van der Waals surface area (Å²) in [5.41, 5.74) is 0.819. The van der Waals surface area contributed by atoms with Crippen LogP contribution in [0, 0.1) is 5.92 Å². The first-order valence-corrected chi connectivity index (χ1v) is 7.50. The van der Waals surface area contributed by atoms with Gasteiger partial charge in [-0.15, -0.1) is 0 Å². The summed E-state index contributed by atoms with van der Waals surface area (Å²) in [5.74, 6) is 1.09. The number of benzene rings is 1. The van der Waals surface area contributed by atoms with Crippen LogP contribution in [-0.2, 0) is 0 Å². The lowest BCUT2D eigenvalue weighted by Gasteiger charge is -2.28. The van der Waals surface area contributed by atoms with Crippen molar-refractivity contribution in [3.8, 4) is 0 Å². The molecule has 2 N–H and O–H groups in total. The van der Waals surface area contributed by atoms with Crippen molar-refractivity contribution in [2.45, 2.75) is 52.1 Å². The molecular weight excluding hydrogens is 234 g/mol. The highest BCUT2D eigenvalue weighted by Gasteiger charge is 2.23. The highest BCUT2D eigenvalue weighted by molar-refractivity contribution is 5.20. The van der Waals surface area contributed by atoms with Crippen molar-refractivity contribution >= 4 is 0 Å². The quantitative estimate of drug-likeness (QED) is 0.751. The minimum absolute atomic E-state index is 0.499. The number of hydrogen-bond acceptors (Lipinski definition) is 2. The Morgan fingerprint density at radius 3 is 2.16 bits per heavy atom. The average molecular weight is 263 g/mol. The molecule has 0 aliphatic rings. The van der Waals surface area contributed by atoms with Gasteiger partial charge in [0.1, 0.15) is 0 Å². The molecule has 108 valence electrons. The van der Waals surface area contributed by atoms with Gasteiger partial charge in [-0.05, 0) is 30.2 Å². The fraction of sp³-hybridized carbons (Fsp3) is 0.647. The highest BCUT2D eigenvalue weighted by atomic mass is 16.3. The Kier molecular flexibility index (Phi) is 6.53. The van der Waals surface area contributed by atoms with E-state index in [1.54, 1.807) is 0 Å². The molecule has 0 fully saturated rings. The van der Waals surface area contributed by atoms with Crippen LogP contribution < -0.4 is 5.32 Å². The molecule has 2 nitrogen and oxygen atoms in total. The monoisotopic (exact) mass is 263 g/mol. The topological polar surface area (TPSA) is 32.3 Å². The van der Waals surface area contributed by atoms with Gasteiger partial charge in [-0.3, -0.25) is 0 Å². The van der Waals surface area contributed by atoms with Crippen LogP contribution >= 0.6 is 0 Å². The van der Waals surface area contributed by atoms with Crippen molar-refractivity contribution in [2.75, 3.05) is 13.1 Å². The minimum atomic E-state index is -0.557. The van der Waals surface area contributed by atoms with Crippen LogP contribution in [0.2, 0.25) is 0 Å². The Morgan fingerprint density at radius 1 is 1.11 bits per heavy atom. The third-order valence-corrected chi connectivity index (χ3v) is 4.17. The standard InChI is InChI=1S/C17H29NO/c1-5-17(19,6-2)13-18-12-16(14(3)4)15-10-8-7-9-11-15/h7-11,14,16,18-19H,5-6,12-13H2,1-4H3. The van der Waals surface area contributed by atoms with E-state index in [1.165, 1.54) is 5.56 Å². The van der Waals surface area contributed by atoms with E-state index in [4.69, 9.17) is 0 Å². The molecule has 1 unspecified atom stereocenters. The smallest absolute Gasteiger partial charge is 0.0766 e. The van der Waals surface area contributed by atoms with E-state index in [1.807, 2.05) is 13.8 Å². The molecule has 1 atom stereocenters. The SMILES string of the molecule is CCC(O)(CC)CNCC(c1ccccc1)C(C)C. The summed E-state index contributed by atoms with van der Waals surface area (Å²) in [5, 5.41) is 13.7. The van der Waals surface area contributed by atoms with Gasteiger partial charge in [0, 0.05) is 13.1 Å². The van der Waals surface area contributed by atoms with Gasteiger partial charge in [-0.2, -0.15) is 0 Å². The van der Waals surface area contributed by atoms with E-state index in [0.29, 0.717) is 18.4 Å². The fourth-order valence-electron chi connectivity index (χ4n) is 2.40. The summed E-state index contributed by atoms with van der Waals surface area (Å²) in [6, 6.07) is 10.6. The molecule has 0 aromatic heterocycles. The Balaban J connectivity index is 2.57. The first-order valence-electron chi connectivity index (χ1n) is 7.50. The lowest BCUT2D eigenvalue weighted by Crippen LogP contribution is -2.41. The summed E-state index contributed by atoms with van der Waals surface area (Å²) < 4.78 is 0. The average Bonchev–Trinajstić information content (AvgIpc) is 2.44. The summed E-state index contributed by atoms with van der Waals surface area (Å²) in [4.78, 5) is 0. The summed E-state index contributed by atoms with van der Waals surface area (Å²) >= 11 is 0. The van der Waals surface area contributed by atoms with Crippen LogP contribution in [0.3, 0.4) is 0 Å². The van der Waals surface area contributed by atoms with Crippen LogP contribution in [0.1, 0.15) is 52.0 Å². The van der Waals surface area contributed by atoms with Crippen molar-refractivity contribution in [1.82, 2.24) is 5.32 Å². The molecule has 0 saturated heterocycles. The van der Waals surface area contributed by atoms with Gasteiger partial charge in [0.15, 0.2) is 0 Å². The van der Waals surface area contributed by atoms with Gasteiger partial charge in [0.2, 0.25) is 0 Å². The second kappa shape index (κ2) is 7.66. The summed E-state index contributed by atoms with van der Waals surface area (Å²) in [6.07, 6.45) is 1.60. The van der Waals surface area contributed by atoms with Crippen LogP contribution in [0.4, 0.5) is 0 Å². The van der Waals surface area contributed by atoms with Crippen molar-refractivity contribution < 1.29 is 5.11 Å². The molecule has 0 aliphatic heterocycles. The second-order valence-electron chi connectivity index (χ2n) is 5.82. The van der Waals surface area contributed by atoms with Gasteiger partial charge >= 0.3 is 0 Å². The fourth-order valence-corrected chi connectivity index (χ4v) is 2.40. The van der Waals surface area contributed by atoms with Crippen LogP contribution in [0.5, 0.6) is 0 Å². The van der Waals surface area contributed by atoms with E-state index in [-0.39, 0.29) is 0 Å². The highest BCUT2D eigenvalue weighted by Crippen LogP contribution is 2.23. The molecule has 0 radical (unpaired) electrons. The Morgan fingerprint density at radius 2 is 1.68 bits per heavy atom. The maximum atomic E-state index is 10.3. The molecule has 1 aromatic rings. The second-order valence-corrected chi connectivity index (χ2v) is 5.82. The Labute approximate surface area is 118 Å². The molecule has 0 heterocycles. The zero-order valence-corrected chi connectivity index (χ0v) is 12.8. The predicted octanol–water partition coefficient (Wildman–Crippen LogP) is 3.57. The molecule has 2 heteroatoms.